The van der Waals surface area contributed by atoms with E-state index in [1.54, 1.807) is 35.2 Å². The third kappa shape index (κ3) is 5.31. The van der Waals surface area contributed by atoms with Crippen molar-refractivity contribution in [3.8, 4) is 0 Å². The number of aliphatic hydroxyl groups excluding tert-OH is 1. The number of nitrogens with one attached hydrogen (secondary N) is 2. The normalized spacial score (nSPS) is 20.4. The molecular weight excluding hydrogens is 463 g/mol. The molecule has 3 N–H and O–H groups in total. The molecule has 4 rings (SSSR count). The van der Waals surface area contributed by atoms with E-state index in [1.165, 1.54) is 17.0 Å². The van der Waals surface area contributed by atoms with E-state index in [0.717, 1.165) is 12.8 Å². The van der Waals surface area contributed by atoms with Crippen LogP contribution in [0, 0.1) is 11.7 Å². The standard InChI is InChI=1S/C24H26ClFN4O4/c25-16-4-6-17(7-5-16)27-24(34)30-13-15(14-31)11-21(30)23(33)28-20-9-8-18(12-19(20)26)29-10-2-1-3-22(29)32/h4-9,12,15,21,31H,1-3,10-11,13-14H2,(H,27,34)(H,28,33). The summed E-state index contributed by atoms with van der Waals surface area (Å²) in [4.78, 5) is 40.9. The summed E-state index contributed by atoms with van der Waals surface area (Å²) in [5.41, 5.74) is 0.920. The predicted octanol–water partition coefficient (Wildman–Crippen LogP) is 3.85. The number of hydrogen-bond acceptors (Lipinski definition) is 4. The number of halogens is 2. The lowest BCUT2D eigenvalue weighted by molar-refractivity contribution is -0.120. The number of benzene rings is 2. The quantitative estimate of drug-likeness (QED) is 0.595. The van der Waals surface area contributed by atoms with Crippen molar-refractivity contribution >= 4 is 46.5 Å². The summed E-state index contributed by atoms with van der Waals surface area (Å²) in [5.74, 6) is -1.55. The second-order valence-corrected chi connectivity index (χ2v) is 8.98. The van der Waals surface area contributed by atoms with Crippen molar-refractivity contribution < 1.29 is 23.9 Å². The number of piperidine rings is 1. The molecule has 0 saturated carbocycles. The van der Waals surface area contributed by atoms with Crippen molar-refractivity contribution in [3.05, 3.63) is 53.3 Å². The molecule has 0 radical (unpaired) electrons. The fraction of sp³-hybridized carbons (Fsp3) is 0.375. The monoisotopic (exact) mass is 488 g/mol. The van der Waals surface area contributed by atoms with Crippen LogP contribution in [0.2, 0.25) is 5.02 Å². The molecule has 2 fully saturated rings. The summed E-state index contributed by atoms with van der Waals surface area (Å²) in [6.07, 6.45) is 2.36. The zero-order chi connectivity index (χ0) is 24.2. The van der Waals surface area contributed by atoms with E-state index >= 15 is 0 Å². The van der Waals surface area contributed by atoms with E-state index in [0.29, 0.717) is 29.4 Å². The lowest BCUT2D eigenvalue weighted by atomic mass is 10.1. The minimum Gasteiger partial charge on any atom is -0.396 e. The molecule has 0 spiro atoms. The van der Waals surface area contributed by atoms with Crippen molar-refractivity contribution in [1.82, 2.24) is 4.90 Å². The van der Waals surface area contributed by atoms with Gasteiger partial charge in [-0.1, -0.05) is 11.6 Å². The molecule has 2 aromatic carbocycles. The van der Waals surface area contributed by atoms with Crippen molar-refractivity contribution in [2.24, 2.45) is 5.92 Å². The van der Waals surface area contributed by atoms with Gasteiger partial charge in [0.1, 0.15) is 11.9 Å². The first kappa shape index (κ1) is 24.0. The summed E-state index contributed by atoms with van der Waals surface area (Å²) < 4.78 is 14.8. The molecule has 8 nitrogen and oxygen atoms in total. The summed E-state index contributed by atoms with van der Waals surface area (Å²) in [6, 6.07) is 9.40. The number of amides is 4. The Bertz CT molecular complexity index is 1080. The number of anilines is 3. The summed E-state index contributed by atoms with van der Waals surface area (Å²) >= 11 is 5.87. The van der Waals surface area contributed by atoms with Crippen LogP contribution in [0.1, 0.15) is 25.7 Å². The topological polar surface area (TPSA) is 102 Å². The van der Waals surface area contributed by atoms with Crippen LogP contribution in [0.3, 0.4) is 0 Å². The van der Waals surface area contributed by atoms with Crippen molar-refractivity contribution in [2.75, 3.05) is 35.2 Å². The molecule has 0 bridgehead atoms. The van der Waals surface area contributed by atoms with Crippen molar-refractivity contribution in [2.45, 2.75) is 31.7 Å². The molecule has 2 unspecified atom stereocenters. The Hall–Kier alpha value is -3.17. The van der Waals surface area contributed by atoms with Crippen LogP contribution >= 0.6 is 11.6 Å². The largest absolute Gasteiger partial charge is 0.396 e. The Morgan fingerprint density at radius 3 is 2.56 bits per heavy atom. The molecule has 0 aromatic heterocycles. The van der Waals surface area contributed by atoms with E-state index in [4.69, 9.17) is 11.6 Å². The number of carbonyl (C=O) groups excluding carboxylic acids is 3. The van der Waals surface area contributed by atoms with Gasteiger partial charge in [-0.2, -0.15) is 0 Å². The second-order valence-electron chi connectivity index (χ2n) is 8.55. The van der Waals surface area contributed by atoms with Crippen LogP contribution in [-0.4, -0.2) is 53.6 Å². The highest BCUT2D eigenvalue weighted by Gasteiger charge is 2.39. The van der Waals surface area contributed by atoms with E-state index in [-0.39, 0.29) is 37.1 Å². The SMILES string of the molecule is O=C(Nc1ccc(N2CCCCC2=O)cc1F)C1CC(CO)CN1C(=O)Nc1ccc(Cl)cc1. The smallest absolute Gasteiger partial charge is 0.322 e. The van der Waals surface area contributed by atoms with Gasteiger partial charge in [-0.3, -0.25) is 9.59 Å². The Morgan fingerprint density at radius 2 is 1.88 bits per heavy atom. The fourth-order valence-corrected chi connectivity index (χ4v) is 4.45. The number of urea groups is 1. The first-order valence-electron chi connectivity index (χ1n) is 11.2. The number of carbonyl (C=O) groups is 3. The average Bonchev–Trinajstić information content (AvgIpc) is 3.27. The molecular formula is C24H26ClFN4O4. The molecule has 2 atom stereocenters. The molecule has 4 amide bonds. The number of aliphatic hydroxyl groups is 1. The highest BCUT2D eigenvalue weighted by atomic mass is 35.5. The molecule has 2 aromatic rings. The summed E-state index contributed by atoms with van der Waals surface area (Å²) in [6.45, 7) is 0.542. The average molecular weight is 489 g/mol. The molecule has 2 aliphatic rings. The van der Waals surface area contributed by atoms with Gasteiger partial charge in [-0.15, -0.1) is 0 Å². The zero-order valence-corrected chi connectivity index (χ0v) is 19.2. The molecule has 34 heavy (non-hydrogen) atoms. The lowest BCUT2D eigenvalue weighted by Crippen LogP contribution is -2.45. The Labute approximate surface area is 201 Å². The van der Waals surface area contributed by atoms with Gasteiger partial charge in [0.05, 0.1) is 5.69 Å². The van der Waals surface area contributed by atoms with Gasteiger partial charge in [0.2, 0.25) is 11.8 Å². The number of rotatable bonds is 5. The van der Waals surface area contributed by atoms with Gasteiger partial charge in [-0.05, 0) is 61.7 Å². The van der Waals surface area contributed by atoms with Crippen LogP contribution in [0.25, 0.3) is 0 Å². The maximum Gasteiger partial charge on any atom is 0.322 e. The van der Waals surface area contributed by atoms with E-state index in [1.807, 2.05) is 0 Å². The summed E-state index contributed by atoms with van der Waals surface area (Å²) in [7, 11) is 0. The summed E-state index contributed by atoms with van der Waals surface area (Å²) in [5, 5.41) is 15.4. The molecule has 0 aliphatic carbocycles. The van der Waals surface area contributed by atoms with E-state index < -0.39 is 23.8 Å². The molecule has 10 heteroatoms. The van der Waals surface area contributed by atoms with Crippen LogP contribution in [0.15, 0.2) is 42.5 Å². The fourth-order valence-electron chi connectivity index (χ4n) is 4.32. The third-order valence-electron chi connectivity index (χ3n) is 6.15. The van der Waals surface area contributed by atoms with Gasteiger partial charge in [-0.25, -0.2) is 9.18 Å². The maximum atomic E-state index is 14.8. The zero-order valence-electron chi connectivity index (χ0n) is 18.5. The molecule has 180 valence electrons. The minimum atomic E-state index is -0.882. The van der Waals surface area contributed by atoms with Crippen LogP contribution in [0.5, 0.6) is 0 Å². The Kier molecular flexibility index (Phi) is 7.33. The molecule has 2 heterocycles. The van der Waals surface area contributed by atoms with Crippen LogP contribution in [-0.2, 0) is 9.59 Å². The highest BCUT2D eigenvalue weighted by molar-refractivity contribution is 6.30. The number of likely N-dealkylation sites (tertiary alicyclic amines) is 1. The minimum absolute atomic E-state index is 0.0382. The first-order valence-corrected chi connectivity index (χ1v) is 11.6. The molecule has 2 aliphatic heterocycles. The van der Waals surface area contributed by atoms with E-state index in [2.05, 4.69) is 10.6 Å². The van der Waals surface area contributed by atoms with Gasteiger partial charge in [0.25, 0.3) is 0 Å². The van der Waals surface area contributed by atoms with Gasteiger partial charge in [0, 0.05) is 48.4 Å². The van der Waals surface area contributed by atoms with Gasteiger partial charge in [0.15, 0.2) is 0 Å². The van der Waals surface area contributed by atoms with Crippen molar-refractivity contribution in [1.29, 1.82) is 0 Å². The van der Waals surface area contributed by atoms with Crippen molar-refractivity contribution in [3.63, 3.8) is 0 Å². The third-order valence-corrected chi connectivity index (χ3v) is 6.40. The van der Waals surface area contributed by atoms with Crippen LogP contribution < -0.4 is 15.5 Å². The first-order chi connectivity index (χ1) is 16.4. The maximum absolute atomic E-state index is 14.8. The highest BCUT2D eigenvalue weighted by Crippen LogP contribution is 2.28. The molecule has 2 saturated heterocycles. The lowest BCUT2D eigenvalue weighted by Gasteiger charge is -2.27. The Morgan fingerprint density at radius 1 is 1.12 bits per heavy atom. The predicted molar refractivity (Wildman–Crippen MR) is 127 cm³/mol. The van der Waals surface area contributed by atoms with E-state index in [9.17, 15) is 23.9 Å². The Balaban J connectivity index is 1.46. The second kappa shape index (κ2) is 10.4. The van der Waals surface area contributed by atoms with Gasteiger partial charge >= 0.3 is 6.03 Å². The van der Waals surface area contributed by atoms with Gasteiger partial charge < -0.3 is 25.5 Å². The number of hydrogen-bond donors (Lipinski definition) is 3. The van der Waals surface area contributed by atoms with Crippen LogP contribution in [0.4, 0.5) is 26.2 Å². The number of nitrogens with zero attached hydrogens (tertiary/aromatic N) is 2.